The predicted molar refractivity (Wildman–Crippen MR) is 93.6 cm³/mol. The maximum Gasteiger partial charge on any atom is 0.336 e. The molecule has 3 aromatic rings. The van der Waals surface area contributed by atoms with Gasteiger partial charge in [-0.25, -0.2) is 4.79 Å². The Morgan fingerprint density at radius 2 is 2.17 bits per heavy atom. The van der Waals surface area contributed by atoms with Gasteiger partial charge in [0.05, 0.1) is 6.04 Å². The number of rotatable bonds is 5. The van der Waals surface area contributed by atoms with Crippen LogP contribution in [-0.4, -0.2) is 12.5 Å². The second-order valence-corrected chi connectivity index (χ2v) is 6.48. The third kappa shape index (κ3) is 3.65. The molecule has 6 heteroatoms. The van der Waals surface area contributed by atoms with Crippen molar-refractivity contribution in [3.05, 3.63) is 62.6 Å². The summed E-state index contributed by atoms with van der Waals surface area (Å²) in [5.41, 5.74) is 0.889. The molecule has 0 fully saturated rings. The van der Waals surface area contributed by atoms with Gasteiger partial charge in [-0.1, -0.05) is 6.07 Å². The Balaban J connectivity index is 1.65. The van der Waals surface area contributed by atoms with Crippen LogP contribution < -0.4 is 15.7 Å². The molecule has 0 bridgehead atoms. The highest BCUT2D eigenvalue weighted by molar-refractivity contribution is 7.10. The van der Waals surface area contributed by atoms with Crippen molar-refractivity contribution in [2.45, 2.75) is 19.9 Å². The molecule has 1 atom stereocenters. The molecule has 0 aliphatic carbocycles. The SMILES string of the molecule is Cc1cc(=O)oc2cc(OCC(=O)N[C@@H](C)c3cccs3)ccc12. The highest BCUT2D eigenvalue weighted by Crippen LogP contribution is 2.22. The number of carbonyl (C=O) groups excluding carboxylic acids is 1. The minimum Gasteiger partial charge on any atom is -0.484 e. The van der Waals surface area contributed by atoms with Crippen LogP contribution in [0.2, 0.25) is 0 Å². The van der Waals surface area contributed by atoms with E-state index in [1.165, 1.54) is 6.07 Å². The summed E-state index contributed by atoms with van der Waals surface area (Å²) in [5.74, 6) is 0.275. The molecule has 3 rings (SSSR count). The van der Waals surface area contributed by atoms with Crippen molar-refractivity contribution in [1.29, 1.82) is 0 Å². The normalized spacial score (nSPS) is 12.1. The first-order valence-electron chi connectivity index (χ1n) is 7.53. The summed E-state index contributed by atoms with van der Waals surface area (Å²) in [4.78, 5) is 24.5. The number of aryl methyl sites for hydroxylation is 1. The summed E-state index contributed by atoms with van der Waals surface area (Å²) >= 11 is 1.59. The van der Waals surface area contributed by atoms with Crippen LogP contribution in [0.15, 0.2) is 51.0 Å². The van der Waals surface area contributed by atoms with E-state index in [-0.39, 0.29) is 18.6 Å². The first kappa shape index (κ1) is 16.3. The van der Waals surface area contributed by atoms with Gasteiger partial charge in [0.1, 0.15) is 11.3 Å². The number of hydrogen-bond acceptors (Lipinski definition) is 5. The Morgan fingerprint density at radius 3 is 2.92 bits per heavy atom. The van der Waals surface area contributed by atoms with Crippen LogP contribution >= 0.6 is 11.3 Å². The van der Waals surface area contributed by atoms with Crippen LogP contribution in [0.4, 0.5) is 0 Å². The number of amides is 1. The number of fused-ring (bicyclic) bond motifs is 1. The van der Waals surface area contributed by atoms with Gasteiger partial charge in [-0.05, 0) is 43.0 Å². The van der Waals surface area contributed by atoms with E-state index in [4.69, 9.17) is 9.15 Å². The maximum absolute atomic E-state index is 12.0. The van der Waals surface area contributed by atoms with Gasteiger partial charge in [0.2, 0.25) is 0 Å². The van der Waals surface area contributed by atoms with Crippen LogP contribution in [0.3, 0.4) is 0 Å². The number of ether oxygens (including phenoxy) is 1. The van der Waals surface area contributed by atoms with Crippen molar-refractivity contribution in [2.75, 3.05) is 6.61 Å². The number of thiophene rings is 1. The maximum atomic E-state index is 12.0. The lowest BCUT2D eigenvalue weighted by Crippen LogP contribution is -2.30. The van der Waals surface area contributed by atoms with Gasteiger partial charge in [-0.3, -0.25) is 4.79 Å². The number of nitrogens with one attached hydrogen (secondary N) is 1. The van der Waals surface area contributed by atoms with Crippen molar-refractivity contribution < 1.29 is 13.9 Å². The van der Waals surface area contributed by atoms with E-state index in [1.54, 1.807) is 23.5 Å². The molecule has 0 aliphatic rings. The summed E-state index contributed by atoms with van der Waals surface area (Å²) < 4.78 is 10.7. The van der Waals surface area contributed by atoms with E-state index in [2.05, 4.69) is 5.32 Å². The first-order valence-corrected chi connectivity index (χ1v) is 8.41. The van der Waals surface area contributed by atoms with Gasteiger partial charge in [-0.2, -0.15) is 0 Å². The van der Waals surface area contributed by atoms with Crippen molar-refractivity contribution in [2.24, 2.45) is 0 Å². The summed E-state index contributed by atoms with van der Waals surface area (Å²) in [6, 6.07) is 10.5. The molecular formula is C18H17NO4S. The van der Waals surface area contributed by atoms with Crippen molar-refractivity contribution >= 4 is 28.2 Å². The van der Waals surface area contributed by atoms with E-state index in [0.717, 1.165) is 15.8 Å². The van der Waals surface area contributed by atoms with Gasteiger partial charge in [0.25, 0.3) is 5.91 Å². The zero-order chi connectivity index (χ0) is 17.1. The van der Waals surface area contributed by atoms with Crippen LogP contribution in [0.25, 0.3) is 11.0 Å². The fraction of sp³-hybridized carbons (Fsp3) is 0.222. The van der Waals surface area contributed by atoms with E-state index >= 15 is 0 Å². The standard InChI is InChI=1S/C18H17NO4S/c1-11-8-18(21)23-15-9-13(5-6-14(11)15)22-10-17(20)19-12(2)16-4-3-7-24-16/h3-9,12H,10H2,1-2H3,(H,19,20)/t12-/m0/s1. The summed E-state index contributed by atoms with van der Waals surface area (Å²) in [6.45, 7) is 3.67. The minimum atomic E-state index is -0.403. The highest BCUT2D eigenvalue weighted by Gasteiger charge is 2.11. The molecule has 0 aliphatic heterocycles. The quantitative estimate of drug-likeness (QED) is 0.721. The second kappa shape index (κ2) is 6.88. The Morgan fingerprint density at radius 1 is 1.33 bits per heavy atom. The number of carbonyl (C=O) groups is 1. The lowest BCUT2D eigenvalue weighted by molar-refractivity contribution is -0.123. The van der Waals surface area contributed by atoms with Crippen LogP contribution in [0.1, 0.15) is 23.4 Å². The van der Waals surface area contributed by atoms with Gasteiger partial charge in [0, 0.05) is 22.4 Å². The zero-order valence-electron chi connectivity index (χ0n) is 13.4. The second-order valence-electron chi connectivity index (χ2n) is 5.50. The molecule has 0 unspecified atom stereocenters. The monoisotopic (exact) mass is 343 g/mol. The van der Waals surface area contributed by atoms with Crippen LogP contribution in [-0.2, 0) is 4.79 Å². The Hall–Kier alpha value is -2.60. The molecule has 0 spiro atoms. The lowest BCUT2D eigenvalue weighted by atomic mass is 10.1. The topological polar surface area (TPSA) is 68.5 Å². The fourth-order valence-corrected chi connectivity index (χ4v) is 3.17. The molecule has 5 nitrogen and oxygen atoms in total. The number of benzene rings is 1. The molecule has 1 aromatic carbocycles. The number of hydrogen-bond donors (Lipinski definition) is 1. The average Bonchev–Trinajstić information content (AvgIpc) is 3.07. The highest BCUT2D eigenvalue weighted by atomic mass is 32.1. The molecule has 0 saturated carbocycles. The average molecular weight is 343 g/mol. The van der Waals surface area contributed by atoms with E-state index in [1.807, 2.05) is 37.4 Å². The van der Waals surface area contributed by atoms with Crippen molar-refractivity contribution in [1.82, 2.24) is 5.32 Å². The molecule has 2 aromatic heterocycles. The molecule has 0 radical (unpaired) electrons. The van der Waals surface area contributed by atoms with Gasteiger partial charge in [-0.15, -0.1) is 11.3 Å². The van der Waals surface area contributed by atoms with E-state index < -0.39 is 5.63 Å². The van der Waals surface area contributed by atoms with Gasteiger partial charge < -0.3 is 14.5 Å². The molecular weight excluding hydrogens is 326 g/mol. The Kier molecular flexibility index (Phi) is 4.66. The first-order chi connectivity index (χ1) is 11.5. The largest absolute Gasteiger partial charge is 0.484 e. The van der Waals surface area contributed by atoms with Crippen molar-refractivity contribution in [3.8, 4) is 5.75 Å². The zero-order valence-corrected chi connectivity index (χ0v) is 14.2. The van der Waals surface area contributed by atoms with E-state index in [9.17, 15) is 9.59 Å². The minimum absolute atomic E-state index is 0.0571. The molecule has 0 saturated heterocycles. The predicted octanol–water partition coefficient (Wildman–Crippen LogP) is 3.42. The summed E-state index contributed by atoms with van der Waals surface area (Å²) in [7, 11) is 0. The Labute approximate surface area is 142 Å². The lowest BCUT2D eigenvalue weighted by Gasteiger charge is -2.13. The van der Waals surface area contributed by atoms with Gasteiger partial charge >= 0.3 is 5.63 Å². The summed E-state index contributed by atoms with van der Waals surface area (Å²) in [5, 5.41) is 5.70. The third-order valence-electron chi connectivity index (χ3n) is 3.64. The molecule has 1 N–H and O–H groups in total. The molecule has 24 heavy (non-hydrogen) atoms. The van der Waals surface area contributed by atoms with Gasteiger partial charge in [0.15, 0.2) is 6.61 Å². The Bertz CT molecular complexity index is 914. The fourth-order valence-electron chi connectivity index (χ4n) is 2.44. The smallest absolute Gasteiger partial charge is 0.336 e. The summed E-state index contributed by atoms with van der Waals surface area (Å²) in [6.07, 6.45) is 0. The van der Waals surface area contributed by atoms with Crippen molar-refractivity contribution in [3.63, 3.8) is 0 Å². The van der Waals surface area contributed by atoms with Crippen LogP contribution in [0.5, 0.6) is 5.75 Å². The third-order valence-corrected chi connectivity index (χ3v) is 4.70. The molecule has 2 heterocycles. The molecule has 1 amide bonds. The van der Waals surface area contributed by atoms with E-state index in [0.29, 0.717) is 11.3 Å². The molecule has 124 valence electrons. The van der Waals surface area contributed by atoms with Crippen LogP contribution in [0, 0.1) is 6.92 Å².